The standard InChI is InChI=1S/C18H21N3O4/c1-12-13(2)25-17(20-12)10-19-16(22)11-24-15-7-5-14(6-8-15)21-9-3-4-18(21)23/h5-8H,3-4,9-11H2,1-2H3,(H,19,22). The van der Waals surface area contributed by atoms with Crippen LogP contribution in [0.3, 0.4) is 0 Å². The van der Waals surface area contributed by atoms with E-state index in [1.54, 1.807) is 17.0 Å². The van der Waals surface area contributed by atoms with Crippen LogP contribution in [-0.2, 0) is 16.1 Å². The molecular weight excluding hydrogens is 322 g/mol. The maximum atomic E-state index is 11.8. The van der Waals surface area contributed by atoms with Crippen LogP contribution in [0.15, 0.2) is 28.7 Å². The smallest absolute Gasteiger partial charge is 0.258 e. The second kappa shape index (κ2) is 7.38. The van der Waals surface area contributed by atoms with E-state index >= 15 is 0 Å². The van der Waals surface area contributed by atoms with E-state index in [0.717, 1.165) is 30.1 Å². The fourth-order valence-corrected chi connectivity index (χ4v) is 2.63. The van der Waals surface area contributed by atoms with Crippen LogP contribution in [0.1, 0.15) is 30.2 Å². The van der Waals surface area contributed by atoms with Gasteiger partial charge in [-0.2, -0.15) is 0 Å². The van der Waals surface area contributed by atoms with E-state index in [2.05, 4.69) is 10.3 Å². The molecule has 3 rings (SSSR count). The van der Waals surface area contributed by atoms with Crippen molar-refractivity contribution < 1.29 is 18.7 Å². The summed E-state index contributed by atoms with van der Waals surface area (Å²) in [5.74, 6) is 1.69. The van der Waals surface area contributed by atoms with E-state index in [-0.39, 0.29) is 25.0 Å². The summed E-state index contributed by atoms with van der Waals surface area (Å²) < 4.78 is 10.9. The number of nitrogens with zero attached hydrogens (tertiary/aromatic N) is 2. The van der Waals surface area contributed by atoms with Crippen LogP contribution in [-0.4, -0.2) is 29.9 Å². The van der Waals surface area contributed by atoms with Gasteiger partial charge in [-0.1, -0.05) is 0 Å². The summed E-state index contributed by atoms with van der Waals surface area (Å²) in [7, 11) is 0. The molecule has 1 aliphatic heterocycles. The Morgan fingerprint density at radius 1 is 1.32 bits per heavy atom. The molecule has 0 saturated carbocycles. The van der Waals surface area contributed by atoms with E-state index in [0.29, 0.717) is 18.1 Å². The second-order valence-corrected chi connectivity index (χ2v) is 5.96. The minimum Gasteiger partial charge on any atom is -0.484 e. The highest BCUT2D eigenvalue weighted by atomic mass is 16.5. The number of rotatable bonds is 6. The number of carbonyl (C=O) groups is 2. The van der Waals surface area contributed by atoms with Crippen molar-refractivity contribution in [1.29, 1.82) is 0 Å². The first kappa shape index (κ1) is 17.0. The molecule has 0 radical (unpaired) electrons. The number of aryl methyl sites for hydroxylation is 2. The third kappa shape index (κ3) is 4.17. The molecule has 132 valence electrons. The number of hydrogen-bond donors (Lipinski definition) is 1. The number of oxazole rings is 1. The molecule has 2 amide bonds. The molecule has 1 fully saturated rings. The van der Waals surface area contributed by atoms with Gasteiger partial charge in [-0.25, -0.2) is 4.98 Å². The molecule has 2 aromatic rings. The van der Waals surface area contributed by atoms with E-state index in [9.17, 15) is 9.59 Å². The molecule has 25 heavy (non-hydrogen) atoms. The van der Waals surface area contributed by atoms with Crippen molar-refractivity contribution in [2.45, 2.75) is 33.2 Å². The van der Waals surface area contributed by atoms with Crippen molar-refractivity contribution in [1.82, 2.24) is 10.3 Å². The van der Waals surface area contributed by atoms with Gasteiger partial charge in [0.25, 0.3) is 5.91 Å². The van der Waals surface area contributed by atoms with E-state index in [1.165, 1.54) is 0 Å². The molecule has 0 aliphatic carbocycles. The van der Waals surface area contributed by atoms with Crippen molar-refractivity contribution in [3.05, 3.63) is 41.6 Å². The molecule has 0 spiro atoms. The Morgan fingerprint density at radius 3 is 2.68 bits per heavy atom. The molecule has 7 heteroatoms. The zero-order chi connectivity index (χ0) is 17.8. The summed E-state index contributed by atoms with van der Waals surface area (Å²) in [5, 5.41) is 2.70. The van der Waals surface area contributed by atoms with E-state index in [1.807, 2.05) is 26.0 Å². The summed E-state index contributed by atoms with van der Waals surface area (Å²) >= 11 is 0. The number of hydrogen-bond acceptors (Lipinski definition) is 5. The van der Waals surface area contributed by atoms with Crippen LogP contribution in [0.2, 0.25) is 0 Å². The third-order valence-electron chi connectivity index (χ3n) is 4.10. The number of anilines is 1. The predicted molar refractivity (Wildman–Crippen MR) is 91.3 cm³/mol. The number of carbonyl (C=O) groups excluding carboxylic acids is 2. The summed E-state index contributed by atoms with van der Waals surface area (Å²) in [6.45, 7) is 4.57. The minimum atomic E-state index is -0.257. The van der Waals surface area contributed by atoms with Crippen LogP contribution in [0.25, 0.3) is 0 Å². The summed E-state index contributed by atoms with van der Waals surface area (Å²) in [6, 6.07) is 7.17. The number of ether oxygens (including phenoxy) is 1. The molecule has 1 aromatic carbocycles. The topological polar surface area (TPSA) is 84.7 Å². The van der Waals surface area contributed by atoms with Gasteiger partial charge in [-0.15, -0.1) is 0 Å². The van der Waals surface area contributed by atoms with Crippen LogP contribution in [0, 0.1) is 13.8 Å². The van der Waals surface area contributed by atoms with Gasteiger partial charge in [0.1, 0.15) is 11.5 Å². The van der Waals surface area contributed by atoms with Crippen molar-refractivity contribution in [3.8, 4) is 5.75 Å². The molecule has 7 nitrogen and oxygen atoms in total. The normalized spacial score (nSPS) is 14.0. The second-order valence-electron chi connectivity index (χ2n) is 5.96. The third-order valence-corrected chi connectivity index (χ3v) is 4.10. The van der Waals surface area contributed by atoms with Gasteiger partial charge in [0, 0.05) is 18.7 Å². The maximum Gasteiger partial charge on any atom is 0.258 e. The maximum absolute atomic E-state index is 11.8. The first-order valence-corrected chi connectivity index (χ1v) is 8.26. The van der Waals surface area contributed by atoms with Crippen LogP contribution in [0.4, 0.5) is 5.69 Å². The van der Waals surface area contributed by atoms with Crippen LogP contribution < -0.4 is 15.0 Å². The summed E-state index contributed by atoms with van der Waals surface area (Å²) in [5.41, 5.74) is 1.67. The number of benzene rings is 1. The fraction of sp³-hybridized carbons (Fsp3) is 0.389. The summed E-state index contributed by atoms with van der Waals surface area (Å²) in [6.07, 6.45) is 1.49. The number of amides is 2. The minimum absolute atomic E-state index is 0.0966. The summed E-state index contributed by atoms with van der Waals surface area (Å²) in [4.78, 5) is 29.5. The average molecular weight is 343 g/mol. The van der Waals surface area contributed by atoms with Crippen molar-refractivity contribution in [3.63, 3.8) is 0 Å². The zero-order valence-electron chi connectivity index (χ0n) is 14.4. The van der Waals surface area contributed by atoms with Crippen molar-refractivity contribution in [2.75, 3.05) is 18.1 Å². The fourth-order valence-electron chi connectivity index (χ4n) is 2.63. The number of nitrogens with one attached hydrogen (secondary N) is 1. The van der Waals surface area contributed by atoms with Gasteiger partial charge >= 0.3 is 0 Å². The molecule has 0 unspecified atom stereocenters. The van der Waals surface area contributed by atoms with Gasteiger partial charge in [-0.05, 0) is 44.5 Å². The van der Waals surface area contributed by atoms with Gasteiger partial charge in [0.2, 0.25) is 11.8 Å². The zero-order valence-corrected chi connectivity index (χ0v) is 14.4. The highest BCUT2D eigenvalue weighted by Gasteiger charge is 2.21. The molecule has 2 heterocycles. The molecule has 0 atom stereocenters. The Kier molecular flexibility index (Phi) is 5.02. The average Bonchev–Trinajstić information content (AvgIpc) is 3.17. The first-order valence-electron chi connectivity index (χ1n) is 8.26. The van der Waals surface area contributed by atoms with Gasteiger partial charge in [0.05, 0.1) is 12.2 Å². The Bertz CT molecular complexity index is 748. The molecule has 1 saturated heterocycles. The Labute approximate surface area is 146 Å². The van der Waals surface area contributed by atoms with Gasteiger partial charge in [0.15, 0.2) is 6.61 Å². The van der Waals surface area contributed by atoms with E-state index < -0.39 is 0 Å². The lowest BCUT2D eigenvalue weighted by atomic mass is 10.3. The lowest BCUT2D eigenvalue weighted by Crippen LogP contribution is -2.28. The molecule has 1 aromatic heterocycles. The quantitative estimate of drug-likeness (QED) is 0.868. The van der Waals surface area contributed by atoms with E-state index in [4.69, 9.17) is 9.15 Å². The van der Waals surface area contributed by atoms with Crippen LogP contribution >= 0.6 is 0 Å². The highest BCUT2D eigenvalue weighted by molar-refractivity contribution is 5.95. The molecular formula is C18H21N3O4. The first-order chi connectivity index (χ1) is 12.0. The van der Waals surface area contributed by atoms with Crippen molar-refractivity contribution >= 4 is 17.5 Å². The Hall–Kier alpha value is -2.83. The molecule has 0 bridgehead atoms. The predicted octanol–water partition coefficient (Wildman–Crippen LogP) is 2.11. The van der Waals surface area contributed by atoms with Gasteiger partial charge < -0.3 is 19.4 Å². The lowest BCUT2D eigenvalue weighted by molar-refractivity contribution is -0.123. The Morgan fingerprint density at radius 2 is 2.08 bits per heavy atom. The van der Waals surface area contributed by atoms with Gasteiger partial charge in [-0.3, -0.25) is 9.59 Å². The van der Waals surface area contributed by atoms with Crippen molar-refractivity contribution in [2.24, 2.45) is 0 Å². The SMILES string of the molecule is Cc1nc(CNC(=O)COc2ccc(N3CCCC3=O)cc2)oc1C. The molecule has 1 N–H and O–H groups in total. The lowest BCUT2D eigenvalue weighted by Gasteiger charge is -2.16. The Balaban J connectivity index is 1.46. The number of aromatic nitrogens is 1. The highest BCUT2D eigenvalue weighted by Crippen LogP contribution is 2.23. The van der Waals surface area contributed by atoms with Crippen LogP contribution in [0.5, 0.6) is 5.75 Å². The largest absolute Gasteiger partial charge is 0.484 e. The molecule has 1 aliphatic rings. The monoisotopic (exact) mass is 343 g/mol.